The highest BCUT2D eigenvalue weighted by molar-refractivity contribution is 6.18. The fourth-order valence-corrected chi connectivity index (χ4v) is 3.58. The minimum absolute atomic E-state index is 0.371. The van der Waals surface area contributed by atoms with Gasteiger partial charge in [-0.3, -0.25) is 4.99 Å². The van der Waals surface area contributed by atoms with E-state index < -0.39 is 0 Å². The van der Waals surface area contributed by atoms with Gasteiger partial charge in [-0.25, -0.2) is 9.79 Å². The van der Waals surface area contributed by atoms with Crippen LogP contribution in [-0.4, -0.2) is 31.6 Å². The summed E-state index contributed by atoms with van der Waals surface area (Å²) in [5, 5.41) is 0. The molecular weight excluding hydrogens is 352 g/mol. The van der Waals surface area contributed by atoms with Crippen molar-refractivity contribution in [2.24, 2.45) is 15.7 Å². The van der Waals surface area contributed by atoms with E-state index in [2.05, 4.69) is 22.5 Å². The van der Waals surface area contributed by atoms with E-state index in [1.165, 1.54) is 18.9 Å². The molecule has 0 aromatic heterocycles. The maximum atomic E-state index is 11.8. The van der Waals surface area contributed by atoms with E-state index >= 15 is 0 Å². The molecule has 2 aliphatic rings. The highest BCUT2D eigenvalue weighted by Gasteiger charge is 2.30. The first-order valence-corrected chi connectivity index (χ1v) is 8.95. The molecule has 2 aliphatic heterocycles. The van der Waals surface area contributed by atoms with E-state index in [1.807, 2.05) is 24.3 Å². The Balaban J connectivity index is 1.90. The summed E-state index contributed by atoms with van der Waals surface area (Å²) >= 11 is 0. The van der Waals surface area contributed by atoms with Gasteiger partial charge in [0.1, 0.15) is 11.5 Å². The normalized spacial score (nSPS) is 15.3. The molecule has 0 unspecified atom stereocenters. The molecule has 0 aliphatic carbocycles. The molecule has 0 fully saturated rings. The topological polar surface area (TPSA) is 80.3 Å². The Morgan fingerprint density at radius 2 is 2.07 bits per heavy atom. The maximum absolute atomic E-state index is 11.8. The summed E-state index contributed by atoms with van der Waals surface area (Å²) in [5.41, 5.74) is 12.5. The van der Waals surface area contributed by atoms with Crippen molar-refractivity contribution in [3.05, 3.63) is 89.0 Å². The van der Waals surface area contributed by atoms with Crippen molar-refractivity contribution in [2.45, 2.75) is 6.42 Å². The molecule has 4 rings (SSSR count). The molecule has 0 saturated carbocycles. The molecule has 6 heteroatoms. The molecule has 2 heterocycles. The summed E-state index contributed by atoms with van der Waals surface area (Å²) in [6.07, 6.45) is 3.99. The van der Waals surface area contributed by atoms with Crippen LogP contribution in [0.3, 0.4) is 0 Å². The number of hydrogen-bond donors (Lipinski definition) is 1. The summed E-state index contributed by atoms with van der Waals surface area (Å²) < 4.78 is 4.78. The van der Waals surface area contributed by atoms with Gasteiger partial charge >= 0.3 is 5.97 Å². The largest absolute Gasteiger partial charge is 0.465 e. The van der Waals surface area contributed by atoms with Crippen molar-refractivity contribution in [2.75, 3.05) is 18.6 Å². The maximum Gasteiger partial charge on any atom is 0.337 e. The van der Waals surface area contributed by atoms with Crippen molar-refractivity contribution in [3.8, 4) is 0 Å². The van der Waals surface area contributed by atoms with Gasteiger partial charge in [0.2, 0.25) is 0 Å². The molecule has 0 atom stereocenters. The molecule has 2 N–H and O–H groups in total. The Hall–Kier alpha value is -3.67. The van der Waals surface area contributed by atoms with Crippen LogP contribution in [0.5, 0.6) is 0 Å². The van der Waals surface area contributed by atoms with Crippen LogP contribution in [0.1, 0.15) is 27.0 Å². The van der Waals surface area contributed by atoms with Crippen LogP contribution in [-0.2, 0) is 11.2 Å². The number of nitrogens with zero attached hydrogens (tertiary/aromatic N) is 3. The predicted octanol–water partition coefficient (Wildman–Crippen LogP) is 3.03. The summed E-state index contributed by atoms with van der Waals surface area (Å²) in [6.45, 7) is 4.43. The van der Waals surface area contributed by atoms with E-state index in [1.54, 1.807) is 18.3 Å². The van der Waals surface area contributed by atoms with Gasteiger partial charge in [0.05, 0.1) is 30.3 Å². The van der Waals surface area contributed by atoms with E-state index in [9.17, 15) is 4.79 Å². The molecule has 0 radical (unpaired) electrons. The molecule has 0 spiro atoms. The Kier molecular flexibility index (Phi) is 4.53. The number of hydrogen-bond acceptors (Lipinski definition) is 6. The second-order valence-corrected chi connectivity index (χ2v) is 6.48. The average molecular weight is 372 g/mol. The van der Waals surface area contributed by atoms with Crippen molar-refractivity contribution >= 4 is 23.6 Å². The highest BCUT2D eigenvalue weighted by Crippen LogP contribution is 2.37. The lowest BCUT2D eigenvalue weighted by Gasteiger charge is -2.21. The van der Waals surface area contributed by atoms with Crippen LogP contribution in [0.25, 0.3) is 0 Å². The van der Waals surface area contributed by atoms with E-state index in [0.717, 1.165) is 35.5 Å². The Bertz CT molecular complexity index is 1050. The van der Waals surface area contributed by atoms with Gasteiger partial charge in [0, 0.05) is 23.9 Å². The third-order valence-electron chi connectivity index (χ3n) is 4.92. The molecule has 6 nitrogen and oxygen atoms in total. The standard InChI is InChI=1S/C22H20N4O2/c1-3-24-13-18-21(23)26-12-11-15-5-4-6-17(20(15)26)19(25-18)14-7-9-16(10-8-14)22(27)28-2/h3-10,13H,1,11-12,23H2,2H3/b24-13-. The summed E-state index contributed by atoms with van der Waals surface area (Å²) in [4.78, 5) is 22.8. The quantitative estimate of drug-likeness (QED) is 0.661. The van der Waals surface area contributed by atoms with Crippen LogP contribution in [0, 0.1) is 0 Å². The van der Waals surface area contributed by atoms with Gasteiger partial charge in [0.25, 0.3) is 0 Å². The molecule has 2 aromatic carbocycles. The number of rotatable bonds is 4. The van der Waals surface area contributed by atoms with Crippen LogP contribution in [0.2, 0.25) is 0 Å². The SMILES string of the molecule is C=C/N=C\C1=C(N)N2CCc3cccc(c32)C(c2ccc(C(=O)OC)cc2)=N1. The first-order chi connectivity index (χ1) is 13.6. The Morgan fingerprint density at radius 3 is 2.79 bits per heavy atom. The minimum Gasteiger partial charge on any atom is -0.465 e. The summed E-state index contributed by atoms with van der Waals surface area (Å²) in [5.74, 6) is 0.196. The highest BCUT2D eigenvalue weighted by atomic mass is 16.5. The van der Waals surface area contributed by atoms with Crippen molar-refractivity contribution in [1.82, 2.24) is 0 Å². The number of carbonyl (C=O) groups is 1. The number of ether oxygens (including phenoxy) is 1. The predicted molar refractivity (Wildman–Crippen MR) is 111 cm³/mol. The second kappa shape index (κ2) is 7.15. The van der Waals surface area contributed by atoms with Gasteiger partial charge in [-0.1, -0.05) is 36.9 Å². The third kappa shape index (κ3) is 2.89. The molecule has 0 bridgehead atoms. The number of para-hydroxylation sites is 1. The van der Waals surface area contributed by atoms with Gasteiger partial charge in [-0.15, -0.1) is 0 Å². The first-order valence-electron chi connectivity index (χ1n) is 8.95. The number of aliphatic imine (C=N–C) groups is 2. The second-order valence-electron chi connectivity index (χ2n) is 6.48. The lowest BCUT2D eigenvalue weighted by molar-refractivity contribution is 0.0600. The monoisotopic (exact) mass is 372 g/mol. The lowest BCUT2D eigenvalue weighted by Crippen LogP contribution is -2.27. The van der Waals surface area contributed by atoms with Gasteiger partial charge < -0.3 is 15.4 Å². The molecule has 2 aromatic rings. The van der Waals surface area contributed by atoms with Crippen molar-refractivity contribution < 1.29 is 9.53 Å². The fourth-order valence-electron chi connectivity index (χ4n) is 3.58. The molecule has 140 valence electrons. The third-order valence-corrected chi connectivity index (χ3v) is 4.92. The zero-order valence-electron chi connectivity index (χ0n) is 15.6. The molecule has 0 saturated heterocycles. The number of esters is 1. The minimum atomic E-state index is -0.371. The van der Waals surface area contributed by atoms with Crippen LogP contribution >= 0.6 is 0 Å². The Morgan fingerprint density at radius 1 is 1.29 bits per heavy atom. The van der Waals surface area contributed by atoms with Crippen molar-refractivity contribution in [1.29, 1.82) is 0 Å². The van der Waals surface area contributed by atoms with E-state index in [0.29, 0.717) is 17.1 Å². The average Bonchev–Trinajstić information content (AvgIpc) is 3.13. The molecule has 28 heavy (non-hydrogen) atoms. The number of carbonyl (C=O) groups excluding carboxylic acids is 1. The first kappa shape index (κ1) is 17.7. The summed E-state index contributed by atoms with van der Waals surface area (Å²) in [6, 6.07) is 13.4. The van der Waals surface area contributed by atoms with Crippen LogP contribution < -0.4 is 10.6 Å². The number of methoxy groups -OCH3 is 1. The van der Waals surface area contributed by atoms with Gasteiger partial charge in [-0.2, -0.15) is 0 Å². The van der Waals surface area contributed by atoms with Gasteiger partial charge in [0.15, 0.2) is 0 Å². The molecular formula is C22H20N4O2. The Labute approximate surface area is 163 Å². The fraction of sp³-hybridized carbons (Fsp3) is 0.136. The van der Waals surface area contributed by atoms with Gasteiger partial charge in [-0.05, 0) is 24.1 Å². The van der Waals surface area contributed by atoms with E-state index in [-0.39, 0.29) is 5.97 Å². The summed E-state index contributed by atoms with van der Waals surface area (Å²) in [7, 11) is 1.37. The number of benzene rings is 2. The van der Waals surface area contributed by atoms with E-state index in [4.69, 9.17) is 15.5 Å². The van der Waals surface area contributed by atoms with Crippen LogP contribution in [0.4, 0.5) is 5.69 Å². The van der Waals surface area contributed by atoms with Crippen molar-refractivity contribution in [3.63, 3.8) is 0 Å². The lowest BCUT2D eigenvalue weighted by atomic mass is 9.97. The molecule has 0 amide bonds. The smallest absolute Gasteiger partial charge is 0.337 e. The zero-order chi connectivity index (χ0) is 19.7. The number of nitrogens with two attached hydrogens (primary N) is 1. The number of allylic oxidation sites excluding steroid dienone is 1. The number of anilines is 1. The van der Waals surface area contributed by atoms with Crippen LogP contribution in [0.15, 0.2) is 76.7 Å². The zero-order valence-corrected chi connectivity index (χ0v) is 15.6.